The molecule has 1 aliphatic rings. The Hall–Kier alpha value is -1.31. The molecule has 1 fully saturated rings. The van der Waals surface area contributed by atoms with E-state index in [1.807, 2.05) is 20.8 Å². The van der Waals surface area contributed by atoms with Crippen LogP contribution in [0, 0.1) is 0 Å². The number of hydrogen-bond donors (Lipinski definition) is 3. The molecule has 0 aromatic carbocycles. The third-order valence-electron chi connectivity index (χ3n) is 7.46. The van der Waals surface area contributed by atoms with Gasteiger partial charge < -0.3 is 19.1 Å². The fourth-order valence-corrected chi connectivity index (χ4v) is 18.8. The molecule has 1 aromatic heterocycles. The highest BCUT2D eigenvalue weighted by Gasteiger charge is 2.61. The van der Waals surface area contributed by atoms with Crippen LogP contribution in [0.5, 0.6) is 0 Å². The minimum atomic E-state index is -2.63. The van der Waals surface area contributed by atoms with Crippen molar-refractivity contribution in [3.05, 3.63) is 44.8 Å². The van der Waals surface area contributed by atoms with Crippen LogP contribution in [-0.2, 0) is 20.6 Å². The summed E-state index contributed by atoms with van der Waals surface area (Å²) in [5.74, 6) is 0. The lowest BCUT2D eigenvalue weighted by molar-refractivity contribution is -0.0753. The van der Waals surface area contributed by atoms with E-state index < -0.39 is 52.8 Å². The number of aliphatic hydroxyl groups excluding tert-OH is 2. The van der Waals surface area contributed by atoms with Crippen molar-refractivity contribution in [2.24, 2.45) is 0 Å². The number of aryl methyl sites for hydroxylation is 1. The first kappa shape index (κ1) is 28.9. The lowest BCUT2D eigenvalue weighted by atomic mass is 10.1. The monoisotopic (exact) mass is 512 g/mol. The molecule has 0 saturated carbocycles. The molecule has 3 N–H and O–H groups in total. The number of ether oxygens (including phenoxy) is 1. The second kappa shape index (κ2) is 10.8. The number of rotatable bonds is 10. The Morgan fingerprint density at radius 1 is 1.18 bits per heavy atom. The SMILES string of the molecule is C=C1[C@H](O)[C@@H](CO)O[C@]1(n1cc(CC)c(=O)[nH]c1=O)[SiH](O[Si](C(C)C)(C(C)C)C(C)C)C(C)C. The first-order chi connectivity index (χ1) is 15.7. The van der Waals surface area contributed by atoms with Gasteiger partial charge in [-0.3, -0.25) is 14.3 Å². The van der Waals surface area contributed by atoms with Crippen LogP contribution in [0.1, 0.15) is 67.9 Å². The molecule has 194 valence electrons. The van der Waals surface area contributed by atoms with Gasteiger partial charge in [0.15, 0.2) is 13.7 Å². The van der Waals surface area contributed by atoms with E-state index in [1.165, 1.54) is 10.8 Å². The van der Waals surface area contributed by atoms with Gasteiger partial charge in [0.2, 0.25) is 9.04 Å². The predicted octanol–water partition coefficient (Wildman–Crippen LogP) is 2.93. The summed E-state index contributed by atoms with van der Waals surface area (Å²) in [6, 6.07) is 0. The van der Waals surface area contributed by atoms with Crippen molar-refractivity contribution < 1.29 is 19.1 Å². The van der Waals surface area contributed by atoms with Crippen molar-refractivity contribution in [3.63, 3.8) is 0 Å². The molecule has 34 heavy (non-hydrogen) atoms. The van der Waals surface area contributed by atoms with Gasteiger partial charge in [0.25, 0.3) is 5.56 Å². The van der Waals surface area contributed by atoms with Crippen LogP contribution in [0.3, 0.4) is 0 Å². The van der Waals surface area contributed by atoms with Gasteiger partial charge in [0, 0.05) is 17.3 Å². The van der Waals surface area contributed by atoms with Gasteiger partial charge in [-0.15, -0.1) is 0 Å². The Labute approximate surface area is 205 Å². The van der Waals surface area contributed by atoms with Gasteiger partial charge in [-0.1, -0.05) is 68.9 Å². The van der Waals surface area contributed by atoms with Crippen LogP contribution in [0.25, 0.3) is 0 Å². The Morgan fingerprint density at radius 3 is 2.09 bits per heavy atom. The number of nitrogens with zero attached hydrogens (tertiary/aromatic N) is 1. The van der Waals surface area contributed by atoms with Gasteiger partial charge in [0.05, 0.1) is 6.61 Å². The number of nitrogens with one attached hydrogen (secondary N) is 1. The van der Waals surface area contributed by atoms with E-state index in [4.69, 9.17) is 8.85 Å². The molecule has 4 atom stereocenters. The topological polar surface area (TPSA) is 114 Å². The van der Waals surface area contributed by atoms with E-state index in [1.54, 1.807) is 0 Å². The van der Waals surface area contributed by atoms with Crippen molar-refractivity contribution >= 4 is 17.4 Å². The second-order valence-corrected chi connectivity index (χ2v) is 19.8. The third-order valence-corrected chi connectivity index (χ3v) is 18.3. The molecule has 1 aliphatic heterocycles. The number of aromatic nitrogens is 2. The highest BCUT2D eigenvalue weighted by atomic mass is 28.4. The highest BCUT2D eigenvalue weighted by molar-refractivity contribution is 6.84. The van der Waals surface area contributed by atoms with Crippen molar-refractivity contribution in [3.8, 4) is 0 Å². The molecule has 8 nitrogen and oxygen atoms in total. The Morgan fingerprint density at radius 2 is 1.71 bits per heavy atom. The van der Waals surface area contributed by atoms with E-state index >= 15 is 0 Å². The molecule has 0 amide bonds. The molecule has 0 spiro atoms. The molecule has 10 heteroatoms. The molecule has 1 aromatic rings. The lowest BCUT2D eigenvalue weighted by Gasteiger charge is -2.50. The summed E-state index contributed by atoms with van der Waals surface area (Å²) in [4.78, 5) is 28.1. The first-order valence-corrected chi connectivity index (χ1v) is 16.3. The van der Waals surface area contributed by atoms with E-state index in [9.17, 15) is 19.8 Å². The third kappa shape index (κ3) is 4.60. The number of aliphatic hydroxyl groups is 2. The van der Waals surface area contributed by atoms with Crippen molar-refractivity contribution in [2.45, 2.75) is 108 Å². The molecule has 1 saturated heterocycles. The second-order valence-electron chi connectivity index (χ2n) is 10.7. The minimum Gasteiger partial charge on any atom is -0.453 e. The van der Waals surface area contributed by atoms with Gasteiger partial charge in [-0.25, -0.2) is 4.79 Å². The maximum atomic E-state index is 13.3. The molecule has 1 unspecified atom stereocenters. The molecule has 2 rings (SSSR count). The van der Waals surface area contributed by atoms with Gasteiger partial charge in [-0.2, -0.15) is 0 Å². The fraction of sp³-hybridized carbons (Fsp3) is 0.750. The number of aromatic amines is 1. The van der Waals surface area contributed by atoms with E-state index in [2.05, 4.69) is 53.1 Å². The predicted molar refractivity (Wildman–Crippen MR) is 140 cm³/mol. The normalized spacial score (nSPS) is 24.7. The largest absolute Gasteiger partial charge is 0.453 e. The minimum absolute atomic E-state index is 0.00609. The van der Waals surface area contributed by atoms with Gasteiger partial charge in [0.1, 0.15) is 12.2 Å². The van der Waals surface area contributed by atoms with E-state index in [0.717, 1.165) is 0 Å². The van der Waals surface area contributed by atoms with Crippen LogP contribution < -0.4 is 11.2 Å². The first-order valence-electron chi connectivity index (χ1n) is 12.4. The number of hydrogen-bond acceptors (Lipinski definition) is 6. The van der Waals surface area contributed by atoms with Crippen LogP contribution in [-0.4, -0.2) is 55.9 Å². The van der Waals surface area contributed by atoms with Crippen LogP contribution in [0.15, 0.2) is 27.9 Å². The van der Waals surface area contributed by atoms with Crippen LogP contribution in [0.2, 0.25) is 22.2 Å². The molecule has 0 aliphatic carbocycles. The number of H-pyrrole nitrogens is 1. The highest BCUT2D eigenvalue weighted by Crippen LogP contribution is 2.49. The summed E-state index contributed by atoms with van der Waals surface area (Å²) in [7, 11) is -5.06. The average molecular weight is 513 g/mol. The molecular weight excluding hydrogens is 468 g/mol. The van der Waals surface area contributed by atoms with E-state index in [-0.39, 0.29) is 5.54 Å². The van der Waals surface area contributed by atoms with Gasteiger partial charge in [-0.05, 0) is 28.6 Å². The summed E-state index contributed by atoms with van der Waals surface area (Å²) in [5.41, 5.74) is 0.525. The lowest BCUT2D eigenvalue weighted by Crippen LogP contribution is -2.63. The van der Waals surface area contributed by atoms with Gasteiger partial charge >= 0.3 is 5.69 Å². The van der Waals surface area contributed by atoms with Crippen molar-refractivity contribution in [1.82, 2.24) is 9.55 Å². The summed E-state index contributed by atoms with van der Waals surface area (Å²) in [5, 5.41) is 19.5. The zero-order valence-corrected chi connectivity index (χ0v) is 24.4. The average Bonchev–Trinajstić information content (AvgIpc) is 2.99. The molecule has 0 bridgehead atoms. The Bertz CT molecular complexity index is 965. The zero-order valence-electron chi connectivity index (χ0n) is 22.2. The molecular formula is C24H44N2O6Si2. The van der Waals surface area contributed by atoms with Crippen LogP contribution in [0.4, 0.5) is 0 Å². The summed E-state index contributed by atoms with van der Waals surface area (Å²) < 4.78 is 15.2. The van der Waals surface area contributed by atoms with Crippen LogP contribution >= 0.6 is 0 Å². The summed E-state index contributed by atoms with van der Waals surface area (Å²) in [6.07, 6.45) is -0.170. The fourth-order valence-electron chi connectivity index (χ4n) is 5.85. The smallest absolute Gasteiger partial charge is 0.330 e. The van der Waals surface area contributed by atoms with Crippen molar-refractivity contribution in [2.75, 3.05) is 6.61 Å². The zero-order chi connectivity index (χ0) is 26.2. The van der Waals surface area contributed by atoms with Crippen molar-refractivity contribution in [1.29, 1.82) is 0 Å². The standard InChI is InChI=1S/C24H44N2O6Si2/c1-11-19-12-26(23(30)25-22(19)29)24(18(10)21(28)20(13-27)31-24)33(14(2)3)32-34(15(4)5,16(6)7)17(8)9/h12,14-17,20-21,27-28,33H,10-11,13H2,1-9H3,(H,25,29,30)/t20-,21+,24+,33?/m1/s1. The maximum absolute atomic E-state index is 13.3. The Balaban J connectivity index is 2.92. The quantitative estimate of drug-likeness (QED) is 0.328. The molecule has 2 heterocycles. The van der Waals surface area contributed by atoms with E-state index in [0.29, 0.717) is 34.2 Å². The Kier molecular flexibility index (Phi) is 9.15. The summed E-state index contributed by atoms with van der Waals surface area (Å²) in [6.45, 7) is 22.9. The molecule has 0 radical (unpaired) electrons. The maximum Gasteiger partial charge on any atom is 0.330 e. The summed E-state index contributed by atoms with van der Waals surface area (Å²) >= 11 is 0.